The van der Waals surface area contributed by atoms with Gasteiger partial charge in [0.25, 0.3) is 11.8 Å². The Hall–Kier alpha value is -3.06. The Morgan fingerprint density at radius 2 is 1.72 bits per heavy atom. The number of rotatable bonds is 3. The van der Waals surface area contributed by atoms with Crippen LogP contribution in [-0.2, 0) is 0 Å². The monoisotopic (exact) mass is 408 g/mol. The van der Waals surface area contributed by atoms with E-state index in [4.69, 9.17) is 9.47 Å². The SMILES string of the molecule is O=C(Nc1ccc2sc(C(=O)N3CCCC3)cc2c1)c1ccc2c(c1)OCCO2. The zero-order chi connectivity index (χ0) is 19.8. The van der Waals surface area contributed by atoms with Gasteiger partial charge in [-0.3, -0.25) is 9.59 Å². The van der Waals surface area contributed by atoms with E-state index in [1.807, 2.05) is 29.2 Å². The number of fused-ring (bicyclic) bond motifs is 2. The molecule has 0 bridgehead atoms. The highest BCUT2D eigenvalue weighted by Gasteiger charge is 2.21. The smallest absolute Gasteiger partial charge is 0.263 e. The van der Waals surface area contributed by atoms with Gasteiger partial charge >= 0.3 is 0 Å². The Bertz CT molecular complexity index is 1100. The standard InChI is InChI=1S/C22H20N2O4S/c25-21(14-3-5-17-18(12-14)28-10-9-27-17)23-16-4-6-19-15(11-16)13-20(29-19)22(26)24-7-1-2-8-24/h3-6,11-13H,1-2,7-10H2,(H,23,25). The Kier molecular flexibility index (Phi) is 4.60. The molecule has 2 aliphatic heterocycles. The minimum atomic E-state index is -0.218. The number of thiophene rings is 1. The highest BCUT2D eigenvalue weighted by Crippen LogP contribution is 2.32. The predicted octanol–water partition coefficient (Wildman–Crippen LogP) is 4.16. The first-order chi connectivity index (χ1) is 14.2. The third kappa shape index (κ3) is 3.53. The van der Waals surface area contributed by atoms with Gasteiger partial charge in [-0.1, -0.05) is 0 Å². The zero-order valence-electron chi connectivity index (χ0n) is 15.8. The number of anilines is 1. The molecule has 2 aliphatic rings. The molecule has 148 valence electrons. The second-order valence-electron chi connectivity index (χ2n) is 7.18. The second-order valence-corrected chi connectivity index (χ2v) is 8.26. The van der Waals surface area contributed by atoms with Crippen LogP contribution in [0.1, 0.15) is 32.9 Å². The number of hydrogen-bond acceptors (Lipinski definition) is 5. The number of benzene rings is 2. The van der Waals surface area contributed by atoms with E-state index in [1.165, 1.54) is 11.3 Å². The van der Waals surface area contributed by atoms with Crippen molar-refractivity contribution in [1.29, 1.82) is 0 Å². The number of nitrogens with one attached hydrogen (secondary N) is 1. The van der Waals surface area contributed by atoms with E-state index in [9.17, 15) is 9.59 Å². The molecular formula is C22H20N2O4S. The van der Waals surface area contributed by atoms with Crippen LogP contribution >= 0.6 is 11.3 Å². The summed E-state index contributed by atoms with van der Waals surface area (Å²) in [4.78, 5) is 27.9. The largest absolute Gasteiger partial charge is 0.486 e. The van der Waals surface area contributed by atoms with Gasteiger partial charge in [-0.05, 0) is 60.7 Å². The molecule has 0 aliphatic carbocycles. The molecule has 29 heavy (non-hydrogen) atoms. The molecule has 0 radical (unpaired) electrons. The maximum Gasteiger partial charge on any atom is 0.263 e. The molecule has 0 spiro atoms. The summed E-state index contributed by atoms with van der Waals surface area (Å²) < 4.78 is 12.1. The number of hydrogen-bond donors (Lipinski definition) is 1. The lowest BCUT2D eigenvalue weighted by Crippen LogP contribution is -2.26. The van der Waals surface area contributed by atoms with Gasteiger partial charge in [0.2, 0.25) is 0 Å². The maximum absolute atomic E-state index is 12.7. The van der Waals surface area contributed by atoms with Gasteiger partial charge in [0, 0.05) is 29.0 Å². The number of likely N-dealkylation sites (tertiary alicyclic amines) is 1. The van der Waals surface area contributed by atoms with Crippen molar-refractivity contribution >= 4 is 38.9 Å². The molecule has 3 heterocycles. The van der Waals surface area contributed by atoms with Crippen LogP contribution in [0.15, 0.2) is 42.5 Å². The topological polar surface area (TPSA) is 67.9 Å². The molecule has 0 unspecified atom stereocenters. The number of carbonyl (C=O) groups is 2. The van der Waals surface area contributed by atoms with E-state index in [1.54, 1.807) is 18.2 Å². The van der Waals surface area contributed by atoms with Gasteiger partial charge in [-0.25, -0.2) is 0 Å². The highest BCUT2D eigenvalue weighted by atomic mass is 32.1. The number of amides is 2. The van der Waals surface area contributed by atoms with Crippen LogP contribution in [0.5, 0.6) is 11.5 Å². The Morgan fingerprint density at radius 1 is 0.931 bits per heavy atom. The first kappa shape index (κ1) is 18.0. The fraction of sp³-hybridized carbons (Fsp3) is 0.273. The van der Waals surface area contributed by atoms with E-state index < -0.39 is 0 Å². The van der Waals surface area contributed by atoms with Crippen molar-refractivity contribution in [3.05, 3.63) is 52.9 Å². The number of ether oxygens (including phenoxy) is 2. The molecule has 7 heteroatoms. The molecule has 0 atom stereocenters. The highest BCUT2D eigenvalue weighted by molar-refractivity contribution is 7.20. The van der Waals surface area contributed by atoms with Crippen LogP contribution < -0.4 is 14.8 Å². The molecule has 0 saturated carbocycles. The first-order valence-corrected chi connectivity index (χ1v) is 10.5. The average Bonchev–Trinajstić information content (AvgIpc) is 3.42. The molecule has 5 rings (SSSR count). The average molecular weight is 408 g/mol. The van der Waals surface area contributed by atoms with Crippen molar-refractivity contribution in [3.8, 4) is 11.5 Å². The van der Waals surface area contributed by atoms with Gasteiger partial charge < -0.3 is 19.7 Å². The minimum Gasteiger partial charge on any atom is -0.486 e. The summed E-state index contributed by atoms with van der Waals surface area (Å²) in [5, 5.41) is 3.88. The number of nitrogens with zero attached hydrogens (tertiary/aromatic N) is 1. The van der Waals surface area contributed by atoms with Gasteiger partial charge in [-0.15, -0.1) is 11.3 Å². The summed E-state index contributed by atoms with van der Waals surface area (Å²) in [6.45, 7) is 2.67. The molecule has 2 amide bonds. The Morgan fingerprint density at radius 3 is 2.55 bits per heavy atom. The fourth-order valence-electron chi connectivity index (χ4n) is 3.69. The molecule has 1 aromatic heterocycles. The normalized spacial score (nSPS) is 15.5. The Labute approximate surface area is 172 Å². The quantitative estimate of drug-likeness (QED) is 0.707. The lowest BCUT2D eigenvalue weighted by molar-refractivity contribution is 0.0797. The van der Waals surface area contributed by atoms with Crippen molar-refractivity contribution in [2.45, 2.75) is 12.8 Å². The maximum atomic E-state index is 12.7. The second kappa shape index (κ2) is 7.40. The minimum absolute atomic E-state index is 0.102. The van der Waals surface area contributed by atoms with Gasteiger partial charge in [0.15, 0.2) is 11.5 Å². The van der Waals surface area contributed by atoms with Gasteiger partial charge in [0.1, 0.15) is 13.2 Å². The van der Waals surface area contributed by atoms with Crippen molar-refractivity contribution in [2.75, 3.05) is 31.6 Å². The van der Waals surface area contributed by atoms with Crippen molar-refractivity contribution in [2.24, 2.45) is 0 Å². The van der Waals surface area contributed by atoms with Crippen molar-refractivity contribution < 1.29 is 19.1 Å². The number of carbonyl (C=O) groups excluding carboxylic acids is 2. The van der Waals surface area contributed by atoms with Crippen LogP contribution in [0.3, 0.4) is 0 Å². The van der Waals surface area contributed by atoms with E-state index >= 15 is 0 Å². The summed E-state index contributed by atoms with van der Waals surface area (Å²) in [7, 11) is 0. The molecule has 1 N–H and O–H groups in total. The van der Waals surface area contributed by atoms with Crippen molar-refractivity contribution in [1.82, 2.24) is 4.90 Å². The molecular weight excluding hydrogens is 388 g/mol. The van der Waals surface area contributed by atoms with E-state index in [-0.39, 0.29) is 11.8 Å². The molecule has 1 saturated heterocycles. The van der Waals surface area contributed by atoms with Crippen LogP contribution in [0.4, 0.5) is 5.69 Å². The summed E-state index contributed by atoms with van der Waals surface area (Å²) in [6.07, 6.45) is 2.15. The molecule has 6 nitrogen and oxygen atoms in total. The van der Waals surface area contributed by atoms with Crippen LogP contribution in [0.2, 0.25) is 0 Å². The third-order valence-electron chi connectivity index (χ3n) is 5.18. The summed E-state index contributed by atoms with van der Waals surface area (Å²) in [5.74, 6) is 1.13. The Balaban J connectivity index is 1.35. The lowest BCUT2D eigenvalue weighted by Gasteiger charge is -2.18. The lowest BCUT2D eigenvalue weighted by atomic mass is 10.1. The van der Waals surface area contributed by atoms with Gasteiger partial charge in [-0.2, -0.15) is 0 Å². The summed E-state index contributed by atoms with van der Waals surface area (Å²) in [5.41, 5.74) is 1.19. The predicted molar refractivity (Wildman–Crippen MR) is 112 cm³/mol. The molecule has 2 aromatic carbocycles. The molecule has 3 aromatic rings. The van der Waals surface area contributed by atoms with Crippen LogP contribution in [0.25, 0.3) is 10.1 Å². The summed E-state index contributed by atoms with van der Waals surface area (Å²) in [6, 6.07) is 12.8. The van der Waals surface area contributed by atoms with E-state index in [0.29, 0.717) is 36.0 Å². The van der Waals surface area contributed by atoms with Gasteiger partial charge in [0.05, 0.1) is 4.88 Å². The zero-order valence-corrected chi connectivity index (χ0v) is 16.6. The van der Waals surface area contributed by atoms with Crippen LogP contribution in [-0.4, -0.2) is 43.0 Å². The van der Waals surface area contributed by atoms with Crippen LogP contribution in [0, 0.1) is 0 Å². The first-order valence-electron chi connectivity index (χ1n) is 9.71. The van der Waals surface area contributed by atoms with E-state index in [0.717, 1.165) is 40.9 Å². The van der Waals surface area contributed by atoms with Crippen molar-refractivity contribution in [3.63, 3.8) is 0 Å². The molecule has 1 fully saturated rings. The fourth-order valence-corrected chi connectivity index (χ4v) is 4.70. The third-order valence-corrected chi connectivity index (χ3v) is 6.29. The van der Waals surface area contributed by atoms with E-state index in [2.05, 4.69) is 5.32 Å². The summed E-state index contributed by atoms with van der Waals surface area (Å²) >= 11 is 1.50.